The van der Waals surface area contributed by atoms with Crippen LogP contribution in [0, 0.1) is 11.3 Å². The molecule has 0 radical (unpaired) electrons. The minimum atomic E-state index is -1.43. The Morgan fingerprint density at radius 3 is 2.31 bits per heavy atom. The van der Waals surface area contributed by atoms with Gasteiger partial charge in [-0.25, -0.2) is 15.0 Å². The number of rotatable bonds is 1. The number of nitriles is 1. The number of nitrogens with one attached hydrogen (secondary N) is 1. The number of carbonyl (C=O) groups excluding carboxylic acids is 1. The molecule has 16 heavy (non-hydrogen) atoms. The molecule has 0 heterocycles. The molecule has 0 saturated heterocycles. The van der Waals surface area contributed by atoms with Crippen molar-refractivity contribution in [1.82, 2.24) is 10.4 Å². The number of carboxylic acid groups (broad SMARTS) is 1. The lowest BCUT2D eigenvalue weighted by Crippen LogP contribution is -2.51. The summed E-state index contributed by atoms with van der Waals surface area (Å²) in [6, 6.07) is 0.694. The Kier molecular flexibility index (Phi) is 4.57. The lowest BCUT2D eigenvalue weighted by atomic mass is 10.2. The summed E-state index contributed by atoms with van der Waals surface area (Å²) in [6.07, 6.45) is -2.35. The molecule has 0 fully saturated rings. The summed E-state index contributed by atoms with van der Waals surface area (Å²) < 4.78 is 4.85. The van der Waals surface area contributed by atoms with Crippen molar-refractivity contribution in [2.75, 3.05) is 0 Å². The molecule has 0 aliphatic rings. The minimum Gasteiger partial charge on any atom is -0.464 e. The lowest BCUT2D eigenvalue weighted by Gasteiger charge is -2.25. The third-order valence-corrected chi connectivity index (χ3v) is 1.39. The topological polar surface area (TPSA) is 103 Å². The van der Waals surface area contributed by atoms with E-state index in [1.807, 2.05) is 5.43 Å². The second-order valence-corrected chi connectivity index (χ2v) is 4.07. The fourth-order valence-corrected chi connectivity index (χ4v) is 0.767. The van der Waals surface area contributed by atoms with E-state index in [2.05, 4.69) is 0 Å². The molecule has 1 atom stereocenters. The van der Waals surface area contributed by atoms with Crippen LogP contribution in [0.2, 0.25) is 0 Å². The van der Waals surface area contributed by atoms with E-state index in [1.165, 1.54) is 6.92 Å². The molecule has 0 rings (SSSR count). The quantitative estimate of drug-likeness (QED) is 0.660. The fraction of sp³-hybridized carbons (Fsp3) is 0.667. The third kappa shape index (κ3) is 5.05. The van der Waals surface area contributed by atoms with E-state index in [4.69, 9.17) is 15.1 Å². The van der Waals surface area contributed by atoms with Crippen LogP contribution in [-0.2, 0) is 4.74 Å². The number of amides is 2. The highest BCUT2D eigenvalue weighted by molar-refractivity contribution is 5.73. The number of hydrazine groups is 1. The first kappa shape index (κ1) is 14.0. The van der Waals surface area contributed by atoms with Gasteiger partial charge in [0.1, 0.15) is 11.6 Å². The molecule has 2 amide bonds. The van der Waals surface area contributed by atoms with Crippen molar-refractivity contribution >= 4 is 12.2 Å². The van der Waals surface area contributed by atoms with Crippen molar-refractivity contribution in [1.29, 1.82) is 5.26 Å². The molecule has 0 aromatic heterocycles. The van der Waals surface area contributed by atoms with E-state index in [1.54, 1.807) is 26.8 Å². The van der Waals surface area contributed by atoms with Gasteiger partial charge in [0.15, 0.2) is 0 Å². The van der Waals surface area contributed by atoms with Crippen LogP contribution in [0.4, 0.5) is 9.59 Å². The maximum Gasteiger partial charge on any atom is 0.427 e. The summed E-state index contributed by atoms with van der Waals surface area (Å²) >= 11 is 0. The maximum absolute atomic E-state index is 11.2. The molecular weight excluding hydrogens is 214 g/mol. The Balaban J connectivity index is 4.49. The zero-order chi connectivity index (χ0) is 12.9. The summed E-state index contributed by atoms with van der Waals surface area (Å²) in [5.41, 5.74) is 1.24. The van der Waals surface area contributed by atoms with E-state index in [0.717, 1.165) is 0 Å². The first-order chi connectivity index (χ1) is 7.17. The van der Waals surface area contributed by atoms with Crippen molar-refractivity contribution in [3.05, 3.63) is 0 Å². The van der Waals surface area contributed by atoms with Crippen molar-refractivity contribution < 1.29 is 19.4 Å². The van der Waals surface area contributed by atoms with E-state index in [0.29, 0.717) is 5.01 Å². The highest BCUT2D eigenvalue weighted by Crippen LogP contribution is 2.07. The third-order valence-electron chi connectivity index (χ3n) is 1.39. The Bertz CT molecular complexity index is 316. The molecule has 0 aliphatic carbocycles. The number of ether oxygens (including phenoxy) is 1. The average Bonchev–Trinajstić information content (AvgIpc) is 2.09. The molecule has 0 saturated carbocycles. The molecular formula is C9H15N3O4. The first-order valence-corrected chi connectivity index (χ1v) is 4.59. The van der Waals surface area contributed by atoms with Crippen LogP contribution >= 0.6 is 0 Å². The molecule has 0 aromatic carbocycles. The fourth-order valence-electron chi connectivity index (χ4n) is 0.767. The summed E-state index contributed by atoms with van der Waals surface area (Å²) in [4.78, 5) is 22.0. The molecule has 0 bridgehead atoms. The van der Waals surface area contributed by atoms with Gasteiger partial charge in [0.25, 0.3) is 0 Å². The zero-order valence-electron chi connectivity index (χ0n) is 9.64. The maximum atomic E-state index is 11.2. The summed E-state index contributed by atoms with van der Waals surface area (Å²) in [5.74, 6) is 0. The molecule has 0 aromatic rings. The molecule has 7 heteroatoms. The van der Waals surface area contributed by atoms with Gasteiger partial charge in [-0.2, -0.15) is 10.3 Å². The number of carbonyl (C=O) groups is 2. The van der Waals surface area contributed by atoms with Gasteiger partial charge in [0, 0.05) is 0 Å². The largest absolute Gasteiger partial charge is 0.464 e. The molecule has 90 valence electrons. The van der Waals surface area contributed by atoms with Crippen LogP contribution in [0.5, 0.6) is 0 Å². The van der Waals surface area contributed by atoms with E-state index < -0.39 is 23.8 Å². The van der Waals surface area contributed by atoms with Crippen LogP contribution in [0.1, 0.15) is 27.7 Å². The summed E-state index contributed by atoms with van der Waals surface area (Å²) in [5, 5.41) is 17.8. The molecule has 0 aliphatic heterocycles. The zero-order valence-corrected chi connectivity index (χ0v) is 9.64. The smallest absolute Gasteiger partial charge is 0.427 e. The predicted molar refractivity (Wildman–Crippen MR) is 54.3 cm³/mol. The number of hydrogen-bond donors (Lipinski definition) is 2. The standard InChI is InChI=1S/C9H15N3O4/c1-6(5-10)12(8(14)15)11-7(13)16-9(2,3)4/h6H,1-4H3,(H,11,13)(H,14,15). The van der Waals surface area contributed by atoms with Gasteiger partial charge in [-0.05, 0) is 27.7 Å². The van der Waals surface area contributed by atoms with Gasteiger partial charge in [-0.3, -0.25) is 0 Å². The van der Waals surface area contributed by atoms with Gasteiger partial charge in [-0.1, -0.05) is 0 Å². The van der Waals surface area contributed by atoms with Gasteiger partial charge < -0.3 is 9.84 Å². The van der Waals surface area contributed by atoms with Crippen LogP contribution in [-0.4, -0.2) is 33.9 Å². The van der Waals surface area contributed by atoms with Crippen molar-refractivity contribution in [3.8, 4) is 6.07 Å². The second-order valence-electron chi connectivity index (χ2n) is 4.07. The monoisotopic (exact) mass is 229 g/mol. The molecule has 7 nitrogen and oxygen atoms in total. The first-order valence-electron chi connectivity index (χ1n) is 4.59. The van der Waals surface area contributed by atoms with Gasteiger partial charge in [0.05, 0.1) is 6.07 Å². The van der Waals surface area contributed by atoms with Gasteiger partial charge in [-0.15, -0.1) is 0 Å². The number of nitrogens with zero attached hydrogens (tertiary/aromatic N) is 2. The SMILES string of the molecule is CC(C#N)N(NC(=O)OC(C)(C)C)C(=O)O. The molecule has 0 spiro atoms. The Labute approximate surface area is 93.6 Å². The van der Waals surface area contributed by atoms with Crippen LogP contribution in [0.25, 0.3) is 0 Å². The van der Waals surface area contributed by atoms with E-state index >= 15 is 0 Å². The summed E-state index contributed by atoms with van der Waals surface area (Å²) in [6.45, 7) is 6.27. The van der Waals surface area contributed by atoms with Crippen LogP contribution in [0.15, 0.2) is 0 Å². The van der Waals surface area contributed by atoms with Gasteiger partial charge in [0.2, 0.25) is 0 Å². The van der Waals surface area contributed by atoms with Crippen molar-refractivity contribution in [3.63, 3.8) is 0 Å². The lowest BCUT2D eigenvalue weighted by molar-refractivity contribution is 0.0304. The number of hydrogen-bond acceptors (Lipinski definition) is 4. The highest BCUT2D eigenvalue weighted by Gasteiger charge is 2.24. The van der Waals surface area contributed by atoms with Crippen LogP contribution < -0.4 is 5.43 Å². The van der Waals surface area contributed by atoms with Crippen molar-refractivity contribution in [2.24, 2.45) is 0 Å². The van der Waals surface area contributed by atoms with Gasteiger partial charge >= 0.3 is 12.2 Å². The minimum absolute atomic E-state index is 0.480. The van der Waals surface area contributed by atoms with E-state index in [9.17, 15) is 9.59 Å². The van der Waals surface area contributed by atoms with Crippen LogP contribution in [0.3, 0.4) is 0 Å². The normalized spacial score (nSPS) is 12.2. The van der Waals surface area contributed by atoms with Crippen molar-refractivity contribution in [2.45, 2.75) is 39.3 Å². The Morgan fingerprint density at radius 2 is 2.00 bits per heavy atom. The Morgan fingerprint density at radius 1 is 1.50 bits per heavy atom. The van der Waals surface area contributed by atoms with E-state index in [-0.39, 0.29) is 0 Å². The molecule has 1 unspecified atom stereocenters. The summed E-state index contributed by atoms with van der Waals surface area (Å²) in [7, 11) is 0. The Hall–Kier alpha value is -1.97. The average molecular weight is 229 g/mol. The highest BCUT2D eigenvalue weighted by atomic mass is 16.6. The second kappa shape index (κ2) is 5.21. The molecule has 2 N–H and O–H groups in total. The predicted octanol–water partition coefficient (Wildman–Crippen LogP) is 1.32.